The number of nitrogens with zero attached hydrogens (tertiary/aromatic N) is 1. The first-order chi connectivity index (χ1) is 8.31. The van der Waals surface area contributed by atoms with Crippen LogP contribution in [0, 0.1) is 17.2 Å². The topological polar surface area (TPSA) is 52.9 Å². The van der Waals surface area contributed by atoms with E-state index in [0.717, 1.165) is 5.56 Å². The third kappa shape index (κ3) is 4.77. The van der Waals surface area contributed by atoms with E-state index < -0.39 is 5.92 Å². The van der Waals surface area contributed by atoms with Crippen LogP contribution in [0.3, 0.4) is 0 Å². The Bertz CT molecular complexity index is 454. The molecule has 0 radical (unpaired) electrons. The van der Waals surface area contributed by atoms with Crippen molar-refractivity contribution in [2.45, 2.75) is 32.7 Å². The van der Waals surface area contributed by atoms with Gasteiger partial charge in [0, 0.05) is 10.6 Å². The maximum absolute atomic E-state index is 11.9. The lowest BCUT2D eigenvalue weighted by Gasteiger charge is -2.22. The van der Waals surface area contributed by atoms with Crippen molar-refractivity contribution in [1.82, 2.24) is 5.32 Å². The summed E-state index contributed by atoms with van der Waals surface area (Å²) in [4.78, 5) is 11.9. The molecule has 1 aromatic carbocycles. The number of halogens is 1. The van der Waals surface area contributed by atoms with Crippen LogP contribution in [0.5, 0.6) is 0 Å². The molecule has 0 aliphatic heterocycles. The lowest BCUT2D eigenvalue weighted by atomic mass is 9.98. The summed E-state index contributed by atoms with van der Waals surface area (Å²) in [5.41, 5.74) is 0.599. The van der Waals surface area contributed by atoms with Gasteiger partial charge < -0.3 is 5.32 Å². The second-order valence-corrected chi connectivity index (χ2v) is 5.69. The Kier molecular flexibility index (Phi) is 4.75. The van der Waals surface area contributed by atoms with Gasteiger partial charge in [-0.1, -0.05) is 23.7 Å². The molecule has 96 valence electrons. The predicted molar refractivity (Wildman–Crippen MR) is 72.2 cm³/mol. The van der Waals surface area contributed by atoms with E-state index in [4.69, 9.17) is 16.9 Å². The van der Waals surface area contributed by atoms with Gasteiger partial charge in [-0.25, -0.2) is 0 Å². The Morgan fingerprint density at radius 3 is 2.39 bits per heavy atom. The fourth-order valence-electron chi connectivity index (χ4n) is 1.51. The van der Waals surface area contributed by atoms with Crippen molar-refractivity contribution >= 4 is 17.5 Å². The summed E-state index contributed by atoms with van der Waals surface area (Å²) in [7, 11) is 0. The van der Waals surface area contributed by atoms with Gasteiger partial charge >= 0.3 is 0 Å². The van der Waals surface area contributed by atoms with Crippen LogP contribution in [0.2, 0.25) is 5.02 Å². The van der Waals surface area contributed by atoms with Gasteiger partial charge in [0.05, 0.1) is 6.07 Å². The van der Waals surface area contributed by atoms with E-state index in [1.165, 1.54) is 0 Å². The monoisotopic (exact) mass is 264 g/mol. The second kappa shape index (κ2) is 5.88. The van der Waals surface area contributed by atoms with Gasteiger partial charge in [-0.15, -0.1) is 0 Å². The highest BCUT2D eigenvalue weighted by atomic mass is 35.5. The predicted octanol–water partition coefficient (Wildman–Crippen LogP) is 2.94. The molecule has 1 atom stereocenters. The number of carbonyl (C=O) groups is 1. The van der Waals surface area contributed by atoms with Crippen molar-refractivity contribution in [3.05, 3.63) is 34.9 Å². The van der Waals surface area contributed by atoms with Gasteiger partial charge in [-0.3, -0.25) is 4.79 Å². The molecule has 1 N–H and O–H groups in total. The minimum atomic E-state index is -0.676. The number of nitrogens with one attached hydrogen (secondary N) is 1. The number of hydrogen-bond acceptors (Lipinski definition) is 2. The Labute approximate surface area is 113 Å². The average molecular weight is 265 g/mol. The Morgan fingerprint density at radius 2 is 1.94 bits per heavy atom. The van der Waals surface area contributed by atoms with Crippen LogP contribution in [-0.2, 0) is 11.2 Å². The van der Waals surface area contributed by atoms with E-state index in [1.807, 2.05) is 39.0 Å². The van der Waals surface area contributed by atoms with Crippen LogP contribution in [0.1, 0.15) is 26.3 Å². The molecule has 4 heteroatoms. The number of rotatable bonds is 3. The first-order valence-corrected chi connectivity index (χ1v) is 6.16. The van der Waals surface area contributed by atoms with E-state index in [0.29, 0.717) is 11.4 Å². The zero-order valence-corrected chi connectivity index (χ0v) is 11.6. The van der Waals surface area contributed by atoms with Crippen molar-refractivity contribution in [3.8, 4) is 6.07 Å². The molecular weight excluding hydrogens is 248 g/mol. The quantitative estimate of drug-likeness (QED) is 0.913. The zero-order chi connectivity index (χ0) is 13.8. The molecule has 0 bridgehead atoms. The molecule has 1 unspecified atom stereocenters. The molecule has 3 nitrogen and oxygen atoms in total. The molecular formula is C14H17ClN2O. The average Bonchev–Trinajstić information content (AvgIpc) is 2.25. The lowest BCUT2D eigenvalue weighted by molar-refractivity contribution is -0.124. The van der Waals surface area contributed by atoms with Crippen molar-refractivity contribution in [1.29, 1.82) is 5.26 Å². The Morgan fingerprint density at radius 1 is 1.39 bits per heavy atom. The Balaban J connectivity index is 2.71. The number of carbonyl (C=O) groups excluding carboxylic acids is 1. The molecule has 0 aromatic heterocycles. The van der Waals surface area contributed by atoms with E-state index in [1.54, 1.807) is 12.1 Å². The van der Waals surface area contributed by atoms with Crippen molar-refractivity contribution < 1.29 is 4.79 Å². The summed E-state index contributed by atoms with van der Waals surface area (Å²) < 4.78 is 0. The van der Waals surface area contributed by atoms with Gasteiger partial charge in [-0.05, 0) is 44.9 Å². The van der Waals surface area contributed by atoms with Crippen LogP contribution in [0.25, 0.3) is 0 Å². The van der Waals surface area contributed by atoms with Crippen LogP contribution >= 0.6 is 11.6 Å². The smallest absolute Gasteiger partial charge is 0.238 e. The molecule has 1 amide bonds. The minimum Gasteiger partial charge on any atom is -0.350 e. The van der Waals surface area contributed by atoms with Crippen molar-refractivity contribution in [3.63, 3.8) is 0 Å². The van der Waals surface area contributed by atoms with Crippen LogP contribution < -0.4 is 5.32 Å². The third-order valence-electron chi connectivity index (χ3n) is 2.32. The first-order valence-electron chi connectivity index (χ1n) is 5.78. The van der Waals surface area contributed by atoms with Gasteiger partial charge in [-0.2, -0.15) is 5.26 Å². The van der Waals surface area contributed by atoms with Gasteiger partial charge in [0.15, 0.2) is 0 Å². The van der Waals surface area contributed by atoms with E-state index in [2.05, 4.69) is 5.32 Å². The highest BCUT2D eigenvalue weighted by Crippen LogP contribution is 2.14. The van der Waals surface area contributed by atoms with Crippen LogP contribution in [0.15, 0.2) is 24.3 Å². The summed E-state index contributed by atoms with van der Waals surface area (Å²) in [6.45, 7) is 5.67. The largest absolute Gasteiger partial charge is 0.350 e. The molecule has 0 saturated carbocycles. The Hall–Kier alpha value is -1.53. The highest BCUT2D eigenvalue weighted by molar-refractivity contribution is 6.30. The summed E-state index contributed by atoms with van der Waals surface area (Å²) in [6, 6.07) is 9.22. The van der Waals surface area contributed by atoms with Gasteiger partial charge in [0.1, 0.15) is 5.92 Å². The maximum atomic E-state index is 11.9. The normalized spacial score (nSPS) is 12.6. The SMILES string of the molecule is CC(C)(C)NC(=O)C(C#N)Cc1ccc(Cl)cc1. The van der Waals surface area contributed by atoms with Crippen LogP contribution in [0.4, 0.5) is 0 Å². The lowest BCUT2D eigenvalue weighted by Crippen LogP contribution is -2.44. The molecule has 0 saturated heterocycles. The van der Waals surface area contributed by atoms with E-state index in [-0.39, 0.29) is 11.4 Å². The standard InChI is InChI=1S/C14H17ClN2O/c1-14(2,3)17-13(18)11(9-16)8-10-4-6-12(15)7-5-10/h4-7,11H,8H2,1-3H3,(H,17,18). The number of benzene rings is 1. The molecule has 0 spiro atoms. The molecule has 1 aromatic rings. The van der Waals surface area contributed by atoms with E-state index in [9.17, 15) is 4.79 Å². The van der Waals surface area contributed by atoms with Gasteiger partial charge in [0.25, 0.3) is 0 Å². The second-order valence-electron chi connectivity index (χ2n) is 5.25. The molecule has 18 heavy (non-hydrogen) atoms. The highest BCUT2D eigenvalue weighted by Gasteiger charge is 2.22. The minimum absolute atomic E-state index is 0.236. The summed E-state index contributed by atoms with van der Waals surface area (Å²) in [6.07, 6.45) is 0.398. The van der Waals surface area contributed by atoms with Crippen molar-refractivity contribution in [2.75, 3.05) is 0 Å². The third-order valence-corrected chi connectivity index (χ3v) is 2.58. The molecule has 0 aliphatic rings. The fraction of sp³-hybridized carbons (Fsp3) is 0.429. The molecule has 1 rings (SSSR count). The first kappa shape index (κ1) is 14.5. The number of hydrogen-bond donors (Lipinski definition) is 1. The number of amides is 1. The molecule has 0 aliphatic carbocycles. The fourth-order valence-corrected chi connectivity index (χ4v) is 1.64. The van der Waals surface area contributed by atoms with Crippen molar-refractivity contribution in [2.24, 2.45) is 5.92 Å². The van der Waals surface area contributed by atoms with Gasteiger partial charge in [0.2, 0.25) is 5.91 Å². The summed E-state index contributed by atoms with van der Waals surface area (Å²) in [5.74, 6) is -0.912. The zero-order valence-electron chi connectivity index (χ0n) is 10.8. The maximum Gasteiger partial charge on any atom is 0.238 e. The number of nitriles is 1. The summed E-state index contributed by atoms with van der Waals surface area (Å²) >= 11 is 5.79. The molecule has 0 heterocycles. The van der Waals surface area contributed by atoms with E-state index >= 15 is 0 Å². The molecule has 0 fully saturated rings. The summed E-state index contributed by atoms with van der Waals surface area (Å²) in [5, 5.41) is 12.5. The van der Waals surface area contributed by atoms with Crippen LogP contribution in [-0.4, -0.2) is 11.4 Å².